The predicted octanol–water partition coefficient (Wildman–Crippen LogP) is 0.626. The number of carbonyl (C=O) groups is 1. The molecule has 1 aromatic heterocycles. The molecular weight excluding hydrogens is 294 g/mol. The highest BCUT2D eigenvalue weighted by atomic mass is 16.3. The predicted molar refractivity (Wildman–Crippen MR) is 86.5 cm³/mol. The highest BCUT2D eigenvalue weighted by Crippen LogP contribution is 2.12. The number of aliphatic hydroxyl groups excluding tert-OH is 1. The normalized spacial score (nSPS) is 18.3. The zero-order valence-electron chi connectivity index (χ0n) is 12.6. The minimum atomic E-state index is -0.554. The largest absolute Gasteiger partial charge is 0.390 e. The quantitative estimate of drug-likeness (QED) is 0.770. The molecule has 1 aliphatic heterocycles. The summed E-state index contributed by atoms with van der Waals surface area (Å²) in [7, 11) is 0. The maximum atomic E-state index is 12.5. The average Bonchev–Trinajstić information content (AvgIpc) is 2.80. The monoisotopic (exact) mass is 313 g/mol. The van der Waals surface area contributed by atoms with E-state index >= 15 is 0 Å². The third-order valence-electron chi connectivity index (χ3n) is 3.59. The van der Waals surface area contributed by atoms with E-state index in [1.165, 1.54) is 12.4 Å². The zero-order valence-corrected chi connectivity index (χ0v) is 12.6. The molecule has 2 aromatic rings. The van der Waals surface area contributed by atoms with Crippen LogP contribution in [0.2, 0.25) is 0 Å². The number of nitrogens with zero attached hydrogens (tertiary/aromatic N) is 3. The first-order valence-electron chi connectivity index (χ1n) is 7.54. The van der Waals surface area contributed by atoms with Gasteiger partial charge in [0.15, 0.2) is 0 Å². The van der Waals surface area contributed by atoms with Crippen LogP contribution in [0.25, 0.3) is 0 Å². The van der Waals surface area contributed by atoms with E-state index in [9.17, 15) is 9.90 Å². The Kier molecular flexibility index (Phi) is 4.80. The average molecular weight is 313 g/mol. The summed E-state index contributed by atoms with van der Waals surface area (Å²) in [6, 6.07) is 9.58. The van der Waals surface area contributed by atoms with Gasteiger partial charge in [0.05, 0.1) is 11.7 Å². The molecule has 0 bridgehead atoms. The van der Waals surface area contributed by atoms with E-state index in [1.807, 2.05) is 30.3 Å². The van der Waals surface area contributed by atoms with Crippen molar-refractivity contribution in [2.45, 2.75) is 6.10 Å². The number of para-hydroxylation sites is 1. The molecule has 1 aromatic carbocycles. The number of carbonyl (C=O) groups excluding carboxylic acids is 1. The van der Waals surface area contributed by atoms with Gasteiger partial charge in [-0.3, -0.25) is 4.79 Å². The third kappa shape index (κ3) is 4.02. The van der Waals surface area contributed by atoms with Crippen molar-refractivity contribution in [3.8, 4) is 0 Å². The molecule has 0 saturated carbocycles. The van der Waals surface area contributed by atoms with E-state index < -0.39 is 6.10 Å². The molecule has 3 N–H and O–H groups in total. The first-order valence-corrected chi connectivity index (χ1v) is 7.54. The van der Waals surface area contributed by atoms with E-state index in [0.29, 0.717) is 37.7 Å². The van der Waals surface area contributed by atoms with Gasteiger partial charge in [0.25, 0.3) is 5.91 Å². The van der Waals surface area contributed by atoms with Crippen molar-refractivity contribution in [1.82, 2.24) is 20.2 Å². The van der Waals surface area contributed by atoms with Crippen LogP contribution in [0, 0.1) is 0 Å². The van der Waals surface area contributed by atoms with Gasteiger partial charge in [-0.1, -0.05) is 18.2 Å². The van der Waals surface area contributed by atoms with Crippen LogP contribution in [0.15, 0.2) is 42.7 Å². The van der Waals surface area contributed by atoms with Crippen LogP contribution in [0.1, 0.15) is 10.4 Å². The summed E-state index contributed by atoms with van der Waals surface area (Å²) >= 11 is 0. The summed E-state index contributed by atoms with van der Waals surface area (Å²) in [6.07, 6.45) is 2.46. The van der Waals surface area contributed by atoms with Gasteiger partial charge in [-0.2, -0.15) is 0 Å². The first-order chi connectivity index (χ1) is 11.2. The van der Waals surface area contributed by atoms with Gasteiger partial charge in [0, 0.05) is 44.3 Å². The molecule has 0 radical (unpaired) electrons. The van der Waals surface area contributed by atoms with E-state index in [-0.39, 0.29) is 5.91 Å². The lowest BCUT2D eigenvalue weighted by atomic mass is 10.2. The summed E-state index contributed by atoms with van der Waals surface area (Å²) in [6.45, 7) is 2.03. The van der Waals surface area contributed by atoms with Crippen molar-refractivity contribution in [1.29, 1.82) is 0 Å². The second-order valence-corrected chi connectivity index (χ2v) is 5.40. The number of hydrogen-bond acceptors (Lipinski definition) is 6. The van der Waals surface area contributed by atoms with Gasteiger partial charge >= 0.3 is 0 Å². The second kappa shape index (κ2) is 7.17. The molecule has 1 amide bonds. The minimum Gasteiger partial charge on any atom is -0.390 e. The van der Waals surface area contributed by atoms with Gasteiger partial charge in [0.1, 0.15) is 0 Å². The Morgan fingerprint density at radius 2 is 2.00 bits per heavy atom. The number of rotatable bonds is 3. The molecule has 1 saturated heterocycles. The maximum Gasteiger partial charge on any atom is 0.257 e. The topological polar surface area (TPSA) is 90.4 Å². The second-order valence-electron chi connectivity index (χ2n) is 5.40. The highest BCUT2D eigenvalue weighted by molar-refractivity contribution is 5.93. The van der Waals surface area contributed by atoms with Gasteiger partial charge in [-0.05, 0) is 12.1 Å². The molecule has 1 fully saturated rings. The SMILES string of the molecule is O=C(c1cnc(Nc2ccccc2)nc1)N1CCNC[C@@H](O)C1. The van der Waals surface area contributed by atoms with E-state index in [1.54, 1.807) is 4.90 Å². The maximum absolute atomic E-state index is 12.5. The number of hydrogen-bond donors (Lipinski definition) is 3. The lowest BCUT2D eigenvalue weighted by molar-refractivity contribution is 0.0672. The molecule has 7 heteroatoms. The fraction of sp³-hybridized carbons (Fsp3) is 0.312. The van der Waals surface area contributed by atoms with Crippen LogP contribution >= 0.6 is 0 Å². The molecule has 0 unspecified atom stereocenters. The number of benzene rings is 1. The summed E-state index contributed by atoms with van der Waals surface area (Å²) in [5.74, 6) is 0.268. The highest BCUT2D eigenvalue weighted by Gasteiger charge is 2.21. The lowest BCUT2D eigenvalue weighted by Crippen LogP contribution is -2.37. The van der Waals surface area contributed by atoms with Crippen molar-refractivity contribution in [3.63, 3.8) is 0 Å². The van der Waals surface area contributed by atoms with Crippen LogP contribution in [-0.2, 0) is 0 Å². The van der Waals surface area contributed by atoms with Gasteiger partial charge in [-0.25, -0.2) is 9.97 Å². The summed E-state index contributed by atoms with van der Waals surface area (Å²) in [4.78, 5) is 22.4. The molecule has 23 heavy (non-hydrogen) atoms. The molecule has 0 spiro atoms. The third-order valence-corrected chi connectivity index (χ3v) is 3.59. The number of amides is 1. The fourth-order valence-electron chi connectivity index (χ4n) is 2.41. The molecule has 120 valence electrons. The van der Waals surface area contributed by atoms with Crippen molar-refractivity contribution >= 4 is 17.5 Å². The van der Waals surface area contributed by atoms with E-state index in [0.717, 1.165) is 5.69 Å². The Morgan fingerprint density at radius 3 is 2.74 bits per heavy atom. The smallest absolute Gasteiger partial charge is 0.257 e. The Labute approximate surface area is 134 Å². The molecular formula is C16H19N5O2. The van der Waals surface area contributed by atoms with Crippen LogP contribution < -0.4 is 10.6 Å². The minimum absolute atomic E-state index is 0.168. The van der Waals surface area contributed by atoms with Crippen molar-refractivity contribution in [2.75, 3.05) is 31.5 Å². The van der Waals surface area contributed by atoms with Crippen LogP contribution in [0.3, 0.4) is 0 Å². The molecule has 1 aliphatic rings. The van der Waals surface area contributed by atoms with Crippen LogP contribution in [0.5, 0.6) is 0 Å². The van der Waals surface area contributed by atoms with Crippen LogP contribution in [0.4, 0.5) is 11.6 Å². The molecule has 1 atom stereocenters. The van der Waals surface area contributed by atoms with Crippen molar-refractivity contribution in [3.05, 3.63) is 48.3 Å². The van der Waals surface area contributed by atoms with Gasteiger partial charge in [0.2, 0.25) is 5.95 Å². The Bertz CT molecular complexity index is 647. The molecule has 7 nitrogen and oxygen atoms in total. The summed E-state index contributed by atoms with van der Waals surface area (Å²) in [5.41, 5.74) is 1.30. The van der Waals surface area contributed by atoms with Crippen molar-refractivity contribution < 1.29 is 9.90 Å². The first kappa shape index (κ1) is 15.4. The molecule has 3 rings (SSSR count). The Balaban J connectivity index is 1.67. The van der Waals surface area contributed by atoms with E-state index in [2.05, 4.69) is 20.6 Å². The van der Waals surface area contributed by atoms with Gasteiger partial charge < -0.3 is 20.6 Å². The van der Waals surface area contributed by atoms with Crippen LogP contribution in [-0.4, -0.2) is 58.2 Å². The lowest BCUT2D eigenvalue weighted by Gasteiger charge is -2.21. The van der Waals surface area contributed by atoms with Gasteiger partial charge in [-0.15, -0.1) is 0 Å². The van der Waals surface area contributed by atoms with Crippen molar-refractivity contribution in [2.24, 2.45) is 0 Å². The summed E-state index contributed by atoms with van der Waals surface area (Å²) in [5, 5.41) is 15.9. The molecule has 0 aliphatic carbocycles. The fourth-order valence-corrected chi connectivity index (χ4v) is 2.41. The summed E-state index contributed by atoms with van der Waals surface area (Å²) < 4.78 is 0. The Hall–Kier alpha value is -2.51. The number of β-amino-alcohol motifs (C(OH)–C–C–N with tert-alkyl or cyclic N) is 1. The Morgan fingerprint density at radius 1 is 1.26 bits per heavy atom. The number of aromatic nitrogens is 2. The standard InChI is InChI=1S/C16H19N5O2/c22-14-10-17-6-7-21(11-14)15(23)12-8-18-16(19-9-12)20-13-4-2-1-3-5-13/h1-5,8-9,14,17,22H,6-7,10-11H2,(H,18,19,20)/t14-/m1/s1. The number of anilines is 2. The zero-order chi connectivity index (χ0) is 16.1. The molecule has 2 heterocycles. The number of nitrogens with one attached hydrogen (secondary N) is 2. The van der Waals surface area contributed by atoms with E-state index in [4.69, 9.17) is 0 Å². The number of aliphatic hydroxyl groups is 1.